The summed E-state index contributed by atoms with van der Waals surface area (Å²) in [6.45, 7) is 0.338. The molecule has 8 nitrogen and oxygen atoms in total. The average Bonchev–Trinajstić information content (AvgIpc) is 3.20. The molecule has 9 heteroatoms. The van der Waals surface area contributed by atoms with Crippen LogP contribution < -0.4 is 14.8 Å². The van der Waals surface area contributed by atoms with Crippen LogP contribution in [0, 0.1) is 11.3 Å². The molecule has 1 N–H and O–H groups in total. The molecule has 0 saturated carbocycles. The Labute approximate surface area is 165 Å². The fourth-order valence-corrected chi connectivity index (χ4v) is 3.06. The van der Waals surface area contributed by atoms with E-state index in [0.29, 0.717) is 45.9 Å². The van der Waals surface area contributed by atoms with Gasteiger partial charge in [-0.05, 0) is 30.7 Å². The number of carbonyl (C=O) groups is 1. The van der Waals surface area contributed by atoms with Gasteiger partial charge in [0.1, 0.15) is 5.69 Å². The highest BCUT2D eigenvalue weighted by Gasteiger charge is 2.11. The van der Waals surface area contributed by atoms with E-state index in [0.717, 1.165) is 0 Å². The number of ether oxygens (including phenoxy) is 2. The zero-order valence-corrected chi connectivity index (χ0v) is 15.9. The van der Waals surface area contributed by atoms with Gasteiger partial charge in [0, 0.05) is 18.7 Å². The van der Waals surface area contributed by atoms with E-state index in [1.807, 2.05) is 24.3 Å². The van der Waals surface area contributed by atoms with Crippen molar-refractivity contribution in [3.63, 3.8) is 0 Å². The lowest BCUT2D eigenvalue weighted by Crippen LogP contribution is -2.12. The van der Waals surface area contributed by atoms with Crippen molar-refractivity contribution < 1.29 is 14.3 Å². The van der Waals surface area contributed by atoms with Crippen LogP contribution in [0.25, 0.3) is 10.7 Å². The lowest BCUT2D eigenvalue weighted by molar-refractivity contribution is -0.116. The van der Waals surface area contributed by atoms with E-state index in [1.165, 1.54) is 18.4 Å². The summed E-state index contributed by atoms with van der Waals surface area (Å²) in [5.74, 6) is 0.851. The van der Waals surface area contributed by atoms with Crippen LogP contribution in [-0.2, 0) is 4.79 Å². The maximum atomic E-state index is 12.1. The molecule has 2 heterocycles. The molecule has 1 aromatic carbocycles. The zero-order valence-electron chi connectivity index (χ0n) is 15.1. The summed E-state index contributed by atoms with van der Waals surface area (Å²) >= 11 is 1.27. The van der Waals surface area contributed by atoms with Gasteiger partial charge < -0.3 is 14.8 Å². The lowest BCUT2D eigenvalue weighted by Gasteiger charge is -2.10. The van der Waals surface area contributed by atoms with Crippen molar-refractivity contribution in [2.45, 2.75) is 12.8 Å². The molecule has 0 unspecified atom stereocenters. The van der Waals surface area contributed by atoms with Gasteiger partial charge in [0.25, 0.3) is 0 Å². The molecule has 1 amide bonds. The first-order valence-corrected chi connectivity index (χ1v) is 9.27. The normalized spacial score (nSPS) is 10.1. The number of anilines is 1. The second-order valence-corrected chi connectivity index (χ2v) is 6.58. The van der Waals surface area contributed by atoms with Crippen LogP contribution in [-0.4, -0.2) is 34.8 Å². The molecule has 0 aliphatic rings. The number of nitriles is 1. The first-order valence-electron chi connectivity index (χ1n) is 8.45. The third-order valence-electron chi connectivity index (χ3n) is 3.65. The van der Waals surface area contributed by atoms with Gasteiger partial charge in [0.2, 0.25) is 11.0 Å². The summed E-state index contributed by atoms with van der Waals surface area (Å²) < 4.78 is 10.9. The average molecular weight is 395 g/mol. The quantitative estimate of drug-likeness (QED) is 0.583. The monoisotopic (exact) mass is 395 g/mol. The second-order valence-electron chi connectivity index (χ2n) is 5.60. The van der Waals surface area contributed by atoms with Gasteiger partial charge >= 0.3 is 0 Å². The van der Waals surface area contributed by atoms with E-state index >= 15 is 0 Å². The molecule has 3 rings (SSSR count). The SMILES string of the molecule is COc1cc(C#N)ccc1OCCCC(=O)Nc1nnc(-c2ccccn2)s1. The van der Waals surface area contributed by atoms with Gasteiger partial charge in [-0.25, -0.2) is 0 Å². The topological polar surface area (TPSA) is 110 Å². The Bertz CT molecular complexity index is 985. The van der Waals surface area contributed by atoms with Gasteiger partial charge in [0.05, 0.1) is 25.3 Å². The Morgan fingerprint density at radius 3 is 2.89 bits per heavy atom. The highest BCUT2D eigenvalue weighted by molar-refractivity contribution is 7.18. The van der Waals surface area contributed by atoms with Crippen molar-refractivity contribution in [2.75, 3.05) is 19.0 Å². The highest BCUT2D eigenvalue weighted by atomic mass is 32.1. The third-order valence-corrected chi connectivity index (χ3v) is 4.52. The number of methoxy groups -OCH3 is 1. The molecule has 3 aromatic rings. The summed E-state index contributed by atoms with van der Waals surface area (Å²) in [4.78, 5) is 16.3. The fraction of sp³-hybridized carbons (Fsp3) is 0.211. The molecule has 0 aliphatic carbocycles. The molecular formula is C19H17N5O3S. The van der Waals surface area contributed by atoms with Crippen molar-refractivity contribution in [3.05, 3.63) is 48.2 Å². The molecule has 0 aliphatic heterocycles. The molecule has 142 valence electrons. The largest absolute Gasteiger partial charge is 0.493 e. The van der Waals surface area contributed by atoms with E-state index in [1.54, 1.807) is 24.4 Å². The number of aromatic nitrogens is 3. The Morgan fingerprint density at radius 1 is 1.25 bits per heavy atom. The number of nitrogens with one attached hydrogen (secondary N) is 1. The van der Waals surface area contributed by atoms with Crippen LogP contribution in [0.5, 0.6) is 11.5 Å². The number of hydrogen-bond acceptors (Lipinski definition) is 8. The van der Waals surface area contributed by atoms with E-state index < -0.39 is 0 Å². The first-order chi connectivity index (χ1) is 13.7. The number of amides is 1. The standard InChI is InChI=1S/C19H17N5O3S/c1-26-16-11-13(12-20)7-8-15(16)27-10-4-6-17(25)22-19-24-23-18(28-19)14-5-2-3-9-21-14/h2-3,5,7-9,11H,4,6,10H2,1H3,(H,22,24,25). The minimum atomic E-state index is -0.167. The van der Waals surface area contributed by atoms with Gasteiger partial charge in [-0.1, -0.05) is 17.4 Å². The van der Waals surface area contributed by atoms with E-state index in [2.05, 4.69) is 20.5 Å². The van der Waals surface area contributed by atoms with Crippen molar-refractivity contribution in [3.8, 4) is 28.3 Å². The van der Waals surface area contributed by atoms with Crippen LogP contribution in [0.3, 0.4) is 0 Å². The minimum absolute atomic E-state index is 0.167. The number of hydrogen-bond donors (Lipinski definition) is 1. The summed E-state index contributed by atoms with van der Waals surface area (Å²) in [5, 5.41) is 20.7. The molecular weight excluding hydrogens is 378 g/mol. The lowest BCUT2D eigenvalue weighted by atomic mass is 10.2. The van der Waals surface area contributed by atoms with Crippen molar-refractivity contribution in [1.29, 1.82) is 5.26 Å². The molecule has 0 spiro atoms. The molecule has 0 radical (unpaired) electrons. The molecule has 28 heavy (non-hydrogen) atoms. The van der Waals surface area contributed by atoms with Crippen molar-refractivity contribution >= 4 is 22.4 Å². The van der Waals surface area contributed by atoms with E-state index in [-0.39, 0.29) is 12.3 Å². The van der Waals surface area contributed by atoms with Crippen LogP contribution in [0.1, 0.15) is 18.4 Å². The molecule has 0 saturated heterocycles. The Hall–Kier alpha value is -3.51. The van der Waals surface area contributed by atoms with Crippen LogP contribution in [0.4, 0.5) is 5.13 Å². The summed E-state index contributed by atoms with van der Waals surface area (Å²) in [5.41, 5.74) is 1.20. The zero-order chi connectivity index (χ0) is 19.8. The van der Waals surface area contributed by atoms with Gasteiger partial charge in [-0.2, -0.15) is 5.26 Å². The van der Waals surface area contributed by atoms with Crippen LogP contribution in [0.2, 0.25) is 0 Å². The van der Waals surface area contributed by atoms with E-state index in [4.69, 9.17) is 14.7 Å². The maximum absolute atomic E-state index is 12.1. The van der Waals surface area contributed by atoms with Gasteiger partial charge in [-0.15, -0.1) is 10.2 Å². The molecule has 0 fully saturated rings. The molecule has 2 aromatic heterocycles. The minimum Gasteiger partial charge on any atom is -0.493 e. The summed E-state index contributed by atoms with van der Waals surface area (Å²) in [6, 6.07) is 12.5. The van der Waals surface area contributed by atoms with Gasteiger partial charge in [-0.3, -0.25) is 9.78 Å². The molecule has 0 bridgehead atoms. The number of carbonyl (C=O) groups excluding carboxylic acids is 1. The maximum Gasteiger partial charge on any atom is 0.226 e. The Morgan fingerprint density at radius 2 is 2.14 bits per heavy atom. The van der Waals surface area contributed by atoms with Gasteiger partial charge in [0.15, 0.2) is 16.5 Å². The van der Waals surface area contributed by atoms with E-state index in [9.17, 15) is 4.79 Å². The third kappa shape index (κ3) is 5.02. The number of rotatable bonds is 8. The number of nitrogens with zero attached hydrogens (tertiary/aromatic N) is 4. The predicted octanol–water partition coefficient (Wildman–Crippen LogP) is 3.28. The predicted molar refractivity (Wildman–Crippen MR) is 104 cm³/mol. The highest BCUT2D eigenvalue weighted by Crippen LogP contribution is 2.28. The number of pyridine rings is 1. The smallest absolute Gasteiger partial charge is 0.226 e. The van der Waals surface area contributed by atoms with Crippen LogP contribution in [0.15, 0.2) is 42.6 Å². The first kappa shape index (κ1) is 19.3. The molecule has 0 atom stereocenters. The van der Waals surface area contributed by atoms with Crippen molar-refractivity contribution in [1.82, 2.24) is 15.2 Å². The second kappa shape index (κ2) is 9.43. The Kier molecular flexibility index (Phi) is 6.49. The summed E-state index contributed by atoms with van der Waals surface area (Å²) in [6.07, 6.45) is 2.47. The van der Waals surface area contributed by atoms with Crippen LogP contribution >= 0.6 is 11.3 Å². The number of benzene rings is 1. The fourth-order valence-electron chi connectivity index (χ4n) is 2.32. The Balaban J connectivity index is 1.45. The summed E-state index contributed by atoms with van der Waals surface area (Å²) in [7, 11) is 1.51. The van der Waals surface area contributed by atoms with Crippen molar-refractivity contribution in [2.24, 2.45) is 0 Å².